The first-order valence-electron chi connectivity index (χ1n) is 8.01. The second-order valence-electron chi connectivity index (χ2n) is 5.91. The van der Waals surface area contributed by atoms with Crippen LogP contribution in [0.25, 0.3) is 0 Å². The summed E-state index contributed by atoms with van der Waals surface area (Å²) in [7, 11) is 0. The molecule has 0 saturated carbocycles. The molecule has 0 radical (unpaired) electrons. The van der Waals surface area contributed by atoms with Crippen LogP contribution in [-0.4, -0.2) is 35.1 Å². The van der Waals surface area contributed by atoms with Gasteiger partial charge in [-0.3, -0.25) is 4.79 Å². The van der Waals surface area contributed by atoms with E-state index in [0.717, 1.165) is 37.4 Å². The Labute approximate surface area is 141 Å². The number of nitrogens with zero attached hydrogens (tertiary/aromatic N) is 4. The Bertz CT molecular complexity index is 761. The van der Waals surface area contributed by atoms with E-state index < -0.39 is 0 Å². The van der Waals surface area contributed by atoms with Gasteiger partial charge in [-0.15, -0.1) is 5.10 Å². The minimum Gasteiger partial charge on any atom is -0.371 e. The Balaban J connectivity index is 1.70. The van der Waals surface area contributed by atoms with Crippen molar-refractivity contribution in [3.05, 3.63) is 47.7 Å². The molecule has 1 N–H and O–H groups in total. The van der Waals surface area contributed by atoms with Gasteiger partial charge < -0.3 is 10.2 Å². The number of hydrogen-bond donors (Lipinski definition) is 1. The van der Waals surface area contributed by atoms with Crippen molar-refractivity contribution in [2.75, 3.05) is 23.3 Å². The standard InChI is InChI=1S/C18H19N5O/c1-13(24)16-5-4-14(12-19)11-17(16)23-9-6-15(7-10-23)21-18-3-2-8-20-22-18/h2-5,8,11,15H,6-7,9-10H2,1H3,(H,21,22). The van der Waals surface area contributed by atoms with E-state index in [2.05, 4.69) is 26.5 Å². The average molecular weight is 321 g/mol. The molecule has 1 aromatic heterocycles. The van der Waals surface area contributed by atoms with Gasteiger partial charge in [0.2, 0.25) is 0 Å². The Kier molecular flexibility index (Phi) is 4.71. The molecule has 122 valence electrons. The van der Waals surface area contributed by atoms with Crippen LogP contribution in [0.2, 0.25) is 0 Å². The maximum Gasteiger partial charge on any atom is 0.161 e. The Morgan fingerprint density at radius 1 is 1.33 bits per heavy atom. The molecule has 6 nitrogen and oxygen atoms in total. The fraction of sp³-hybridized carbons (Fsp3) is 0.333. The van der Waals surface area contributed by atoms with Crippen molar-refractivity contribution in [3.63, 3.8) is 0 Å². The predicted molar refractivity (Wildman–Crippen MR) is 92.1 cm³/mol. The number of rotatable bonds is 4. The van der Waals surface area contributed by atoms with E-state index in [4.69, 9.17) is 5.26 Å². The molecule has 2 aromatic rings. The third kappa shape index (κ3) is 3.51. The smallest absolute Gasteiger partial charge is 0.161 e. The second kappa shape index (κ2) is 7.09. The summed E-state index contributed by atoms with van der Waals surface area (Å²) < 4.78 is 0. The first-order valence-corrected chi connectivity index (χ1v) is 8.01. The molecule has 6 heteroatoms. The van der Waals surface area contributed by atoms with Gasteiger partial charge in [0.15, 0.2) is 5.78 Å². The van der Waals surface area contributed by atoms with E-state index in [1.807, 2.05) is 18.2 Å². The maximum absolute atomic E-state index is 11.9. The highest BCUT2D eigenvalue weighted by Gasteiger charge is 2.22. The van der Waals surface area contributed by atoms with Crippen molar-refractivity contribution in [3.8, 4) is 6.07 Å². The van der Waals surface area contributed by atoms with E-state index in [0.29, 0.717) is 17.2 Å². The molecule has 1 aliphatic heterocycles. The molecule has 0 bridgehead atoms. The van der Waals surface area contributed by atoms with E-state index in [-0.39, 0.29) is 5.78 Å². The van der Waals surface area contributed by atoms with Crippen molar-refractivity contribution in [2.24, 2.45) is 0 Å². The van der Waals surface area contributed by atoms with Gasteiger partial charge in [-0.25, -0.2) is 0 Å². The number of anilines is 2. The number of nitriles is 1. The van der Waals surface area contributed by atoms with Crippen LogP contribution < -0.4 is 10.2 Å². The average Bonchev–Trinajstić information content (AvgIpc) is 2.62. The lowest BCUT2D eigenvalue weighted by atomic mass is 10.0. The van der Waals surface area contributed by atoms with E-state index in [1.165, 1.54) is 0 Å². The lowest BCUT2D eigenvalue weighted by molar-refractivity contribution is 0.101. The van der Waals surface area contributed by atoms with Crippen molar-refractivity contribution >= 4 is 17.3 Å². The molecule has 0 aliphatic carbocycles. The van der Waals surface area contributed by atoms with Crippen LogP contribution in [0.3, 0.4) is 0 Å². The molecule has 1 fully saturated rings. The van der Waals surface area contributed by atoms with Crippen LogP contribution in [0, 0.1) is 11.3 Å². The number of Topliss-reactive ketones (excluding diaryl/α,β-unsaturated/α-hetero) is 1. The quantitative estimate of drug-likeness (QED) is 0.872. The number of ketones is 1. The summed E-state index contributed by atoms with van der Waals surface area (Å²) >= 11 is 0. The van der Waals surface area contributed by atoms with Crippen LogP contribution in [0.5, 0.6) is 0 Å². The van der Waals surface area contributed by atoms with Crippen molar-refractivity contribution in [1.29, 1.82) is 5.26 Å². The SMILES string of the molecule is CC(=O)c1ccc(C#N)cc1N1CCC(Nc2cccnn2)CC1. The van der Waals surface area contributed by atoms with Gasteiger partial charge in [-0.2, -0.15) is 10.4 Å². The third-order valence-corrected chi connectivity index (χ3v) is 4.27. The highest BCUT2D eigenvalue weighted by molar-refractivity contribution is 6.00. The normalized spacial score (nSPS) is 14.9. The summed E-state index contributed by atoms with van der Waals surface area (Å²) in [5, 5.41) is 20.4. The lowest BCUT2D eigenvalue weighted by Gasteiger charge is -2.35. The van der Waals surface area contributed by atoms with Gasteiger partial charge in [0, 0.05) is 36.6 Å². The molecule has 1 aromatic carbocycles. The van der Waals surface area contributed by atoms with Gasteiger partial charge in [-0.1, -0.05) is 0 Å². The summed E-state index contributed by atoms with van der Waals surface area (Å²) in [6.45, 7) is 3.22. The third-order valence-electron chi connectivity index (χ3n) is 4.27. The fourth-order valence-corrected chi connectivity index (χ4v) is 3.01. The zero-order valence-electron chi connectivity index (χ0n) is 13.6. The Morgan fingerprint density at radius 2 is 2.12 bits per heavy atom. The number of piperidine rings is 1. The zero-order chi connectivity index (χ0) is 16.9. The topological polar surface area (TPSA) is 81.9 Å². The zero-order valence-corrected chi connectivity index (χ0v) is 13.6. The number of hydrogen-bond acceptors (Lipinski definition) is 6. The molecule has 1 aliphatic rings. The molecule has 1 saturated heterocycles. The first kappa shape index (κ1) is 15.9. The van der Waals surface area contributed by atoms with Gasteiger partial charge in [-0.05, 0) is 50.1 Å². The van der Waals surface area contributed by atoms with E-state index >= 15 is 0 Å². The van der Waals surface area contributed by atoms with E-state index in [9.17, 15) is 4.79 Å². The molecule has 0 amide bonds. The summed E-state index contributed by atoms with van der Waals surface area (Å²) in [6, 6.07) is 11.5. The van der Waals surface area contributed by atoms with Crippen LogP contribution in [0.15, 0.2) is 36.5 Å². The molecule has 24 heavy (non-hydrogen) atoms. The summed E-state index contributed by atoms with van der Waals surface area (Å²) in [5.41, 5.74) is 2.11. The van der Waals surface area contributed by atoms with Crippen molar-refractivity contribution < 1.29 is 4.79 Å². The summed E-state index contributed by atoms with van der Waals surface area (Å²) in [6.07, 6.45) is 3.52. The number of carbonyl (C=O) groups is 1. The largest absolute Gasteiger partial charge is 0.371 e. The van der Waals surface area contributed by atoms with Crippen molar-refractivity contribution in [1.82, 2.24) is 10.2 Å². The van der Waals surface area contributed by atoms with Crippen molar-refractivity contribution in [2.45, 2.75) is 25.8 Å². The number of benzene rings is 1. The molecule has 0 spiro atoms. The monoisotopic (exact) mass is 321 g/mol. The van der Waals surface area contributed by atoms with Gasteiger partial charge in [0.1, 0.15) is 5.82 Å². The Morgan fingerprint density at radius 3 is 2.75 bits per heavy atom. The van der Waals surface area contributed by atoms with Gasteiger partial charge in [0.05, 0.1) is 11.6 Å². The van der Waals surface area contributed by atoms with Crippen LogP contribution in [0.4, 0.5) is 11.5 Å². The fourth-order valence-electron chi connectivity index (χ4n) is 3.01. The number of carbonyl (C=O) groups excluding carboxylic acids is 1. The molecular formula is C18H19N5O. The first-order chi connectivity index (χ1) is 11.7. The number of aromatic nitrogens is 2. The predicted octanol–water partition coefficient (Wildman–Crippen LogP) is 2.63. The Hall–Kier alpha value is -2.94. The lowest BCUT2D eigenvalue weighted by Crippen LogP contribution is -2.39. The second-order valence-corrected chi connectivity index (χ2v) is 5.91. The molecule has 3 rings (SSSR count). The summed E-state index contributed by atoms with van der Waals surface area (Å²) in [4.78, 5) is 14.1. The summed E-state index contributed by atoms with van der Waals surface area (Å²) in [5.74, 6) is 0.807. The number of nitrogens with one attached hydrogen (secondary N) is 1. The molecule has 0 atom stereocenters. The highest BCUT2D eigenvalue weighted by atomic mass is 16.1. The molecule has 0 unspecified atom stereocenters. The molecule has 2 heterocycles. The van der Waals surface area contributed by atoms with Gasteiger partial charge in [0.25, 0.3) is 0 Å². The molecular weight excluding hydrogens is 302 g/mol. The minimum absolute atomic E-state index is 0.0225. The van der Waals surface area contributed by atoms with E-state index in [1.54, 1.807) is 25.3 Å². The van der Waals surface area contributed by atoms with Crippen LogP contribution in [-0.2, 0) is 0 Å². The minimum atomic E-state index is 0.0225. The van der Waals surface area contributed by atoms with Crippen LogP contribution in [0.1, 0.15) is 35.7 Å². The van der Waals surface area contributed by atoms with Gasteiger partial charge >= 0.3 is 0 Å². The highest BCUT2D eigenvalue weighted by Crippen LogP contribution is 2.27. The van der Waals surface area contributed by atoms with Crippen LogP contribution >= 0.6 is 0 Å². The maximum atomic E-state index is 11.9.